The van der Waals surface area contributed by atoms with Crippen LogP contribution in [0.3, 0.4) is 0 Å². The van der Waals surface area contributed by atoms with Gasteiger partial charge in [-0.05, 0) is 37.0 Å². The number of halogens is 1. The van der Waals surface area contributed by atoms with Crippen LogP contribution in [-0.4, -0.2) is 19.8 Å². The molecule has 1 N–H and O–H groups in total. The SMILES string of the molecule is N#Cc1ccc(NCC2CCCOC2)c(Cl)c1. The third-order valence-corrected chi connectivity index (χ3v) is 3.25. The van der Waals surface area contributed by atoms with E-state index >= 15 is 0 Å². The molecule has 1 unspecified atom stereocenters. The molecule has 1 fully saturated rings. The van der Waals surface area contributed by atoms with Crippen molar-refractivity contribution in [2.75, 3.05) is 25.1 Å². The average Bonchev–Trinajstić information content (AvgIpc) is 2.38. The molecule has 4 heteroatoms. The lowest BCUT2D eigenvalue weighted by Crippen LogP contribution is -2.24. The Kier molecular flexibility index (Phi) is 4.24. The van der Waals surface area contributed by atoms with Crippen molar-refractivity contribution >= 4 is 17.3 Å². The van der Waals surface area contributed by atoms with Crippen molar-refractivity contribution in [2.45, 2.75) is 12.8 Å². The summed E-state index contributed by atoms with van der Waals surface area (Å²) in [6, 6.07) is 7.37. The van der Waals surface area contributed by atoms with E-state index in [2.05, 4.69) is 11.4 Å². The molecule has 0 bridgehead atoms. The molecule has 3 nitrogen and oxygen atoms in total. The largest absolute Gasteiger partial charge is 0.383 e. The second kappa shape index (κ2) is 5.90. The zero-order valence-electron chi connectivity index (χ0n) is 9.58. The number of nitrogens with one attached hydrogen (secondary N) is 1. The van der Waals surface area contributed by atoms with Gasteiger partial charge in [-0.25, -0.2) is 0 Å². The summed E-state index contributed by atoms with van der Waals surface area (Å²) in [4.78, 5) is 0. The summed E-state index contributed by atoms with van der Waals surface area (Å²) in [7, 11) is 0. The van der Waals surface area contributed by atoms with Gasteiger partial charge in [0, 0.05) is 13.2 Å². The lowest BCUT2D eigenvalue weighted by molar-refractivity contribution is 0.0595. The van der Waals surface area contributed by atoms with Crippen molar-refractivity contribution in [2.24, 2.45) is 5.92 Å². The Labute approximate surface area is 106 Å². The first kappa shape index (κ1) is 12.2. The predicted octanol–water partition coefficient (Wildman–Crippen LogP) is 3.05. The Hall–Kier alpha value is -1.24. The molecular weight excluding hydrogens is 236 g/mol. The molecule has 1 aliphatic heterocycles. The molecule has 90 valence electrons. The summed E-state index contributed by atoms with van der Waals surface area (Å²) in [5, 5.41) is 12.7. The number of ether oxygens (including phenoxy) is 1. The Morgan fingerprint density at radius 2 is 2.41 bits per heavy atom. The molecule has 0 radical (unpaired) electrons. The molecule has 17 heavy (non-hydrogen) atoms. The molecule has 2 rings (SSSR count). The minimum absolute atomic E-state index is 0.551. The van der Waals surface area contributed by atoms with Gasteiger partial charge in [0.15, 0.2) is 0 Å². The number of anilines is 1. The Morgan fingerprint density at radius 3 is 3.06 bits per heavy atom. The zero-order valence-corrected chi connectivity index (χ0v) is 10.3. The molecule has 1 atom stereocenters. The van der Waals surface area contributed by atoms with Crippen LogP contribution in [0.15, 0.2) is 18.2 Å². The van der Waals surface area contributed by atoms with Crippen molar-refractivity contribution < 1.29 is 4.74 Å². The van der Waals surface area contributed by atoms with E-state index < -0.39 is 0 Å². The van der Waals surface area contributed by atoms with Gasteiger partial charge < -0.3 is 10.1 Å². The van der Waals surface area contributed by atoms with Crippen molar-refractivity contribution in [1.29, 1.82) is 5.26 Å². The molecule has 0 spiro atoms. The smallest absolute Gasteiger partial charge is 0.0992 e. The van der Waals surface area contributed by atoms with E-state index in [1.807, 2.05) is 6.07 Å². The van der Waals surface area contributed by atoms with Crippen LogP contribution in [-0.2, 0) is 4.74 Å². The highest BCUT2D eigenvalue weighted by atomic mass is 35.5. The molecule has 1 heterocycles. The first-order chi connectivity index (χ1) is 8.29. The minimum Gasteiger partial charge on any atom is -0.383 e. The third kappa shape index (κ3) is 3.36. The van der Waals surface area contributed by atoms with Crippen LogP contribution in [0.25, 0.3) is 0 Å². The van der Waals surface area contributed by atoms with Gasteiger partial charge in [0.25, 0.3) is 0 Å². The van der Waals surface area contributed by atoms with Crippen LogP contribution in [0.4, 0.5) is 5.69 Å². The number of nitrogens with zero attached hydrogens (tertiary/aromatic N) is 1. The van der Waals surface area contributed by atoms with Crippen LogP contribution in [0.1, 0.15) is 18.4 Å². The third-order valence-electron chi connectivity index (χ3n) is 2.93. The quantitative estimate of drug-likeness (QED) is 0.897. The second-order valence-corrected chi connectivity index (χ2v) is 4.68. The number of rotatable bonds is 3. The number of benzene rings is 1. The molecule has 0 saturated carbocycles. The van der Waals surface area contributed by atoms with Gasteiger partial charge in [-0.15, -0.1) is 0 Å². The van der Waals surface area contributed by atoms with E-state index in [9.17, 15) is 0 Å². The van der Waals surface area contributed by atoms with Crippen LogP contribution >= 0.6 is 11.6 Å². The van der Waals surface area contributed by atoms with E-state index in [0.717, 1.165) is 31.9 Å². The van der Waals surface area contributed by atoms with E-state index in [4.69, 9.17) is 21.6 Å². The summed E-state index contributed by atoms with van der Waals surface area (Å²) in [5.74, 6) is 0.551. The van der Waals surface area contributed by atoms with Crippen LogP contribution in [0, 0.1) is 17.2 Å². The maximum atomic E-state index is 8.74. The van der Waals surface area contributed by atoms with E-state index in [1.54, 1.807) is 12.1 Å². The first-order valence-electron chi connectivity index (χ1n) is 5.81. The van der Waals surface area contributed by atoms with E-state index in [1.165, 1.54) is 6.42 Å². The highest BCUT2D eigenvalue weighted by molar-refractivity contribution is 6.33. The van der Waals surface area contributed by atoms with E-state index in [0.29, 0.717) is 16.5 Å². The van der Waals surface area contributed by atoms with Gasteiger partial charge in [-0.1, -0.05) is 11.6 Å². The van der Waals surface area contributed by atoms with E-state index in [-0.39, 0.29) is 0 Å². The molecule has 0 amide bonds. The topological polar surface area (TPSA) is 45.0 Å². The first-order valence-corrected chi connectivity index (χ1v) is 6.18. The Balaban J connectivity index is 1.92. The lowest BCUT2D eigenvalue weighted by Gasteiger charge is -2.22. The molecule has 0 aromatic heterocycles. The Bertz CT molecular complexity index is 422. The maximum absolute atomic E-state index is 8.74. The molecule has 1 aliphatic rings. The van der Waals surface area contributed by atoms with Crippen LogP contribution < -0.4 is 5.32 Å². The van der Waals surface area contributed by atoms with Gasteiger partial charge in [-0.2, -0.15) is 5.26 Å². The highest BCUT2D eigenvalue weighted by Gasteiger charge is 2.13. The van der Waals surface area contributed by atoms with Gasteiger partial charge >= 0.3 is 0 Å². The molecule has 1 aromatic carbocycles. The normalized spacial score (nSPS) is 19.6. The van der Waals surface area contributed by atoms with Gasteiger partial charge in [-0.3, -0.25) is 0 Å². The molecule has 1 aromatic rings. The summed E-state index contributed by atoms with van der Waals surface area (Å²) in [6.07, 6.45) is 2.33. The monoisotopic (exact) mass is 250 g/mol. The van der Waals surface area contributed by atoms with Crippen LogP contribution in [0.2, 0.25) is 5.02 Å². The lowest BCUT2D eigenvalue weighted by atomic mass is 10.0. The minimum atomic E-state index is 0.551. The number of hydrogen-bond acceptors (Lipinski definition) is 3. The number of nitriles is 1. The fourth-order valence-electron chi connectivity index (χ4n) is 1.95. The fraction of sp³-hybridized carbons (Fsp3) is 0.462. The fourth-order valence-corrected chi connectivity index (χ4v) is 2.20. The van der Waals surface area contributed by atoms with Gasteiger partial charge in [0.2, 0.25) is 0 Å². The average molecular weight is 251 g/mol. The summed E-state index contributed by atoms with van der Waals surface area (Å²) < 4.78 is 5.42. The van der Waals surface area contributed by atoms with Gasteiger partial charge in [0.1, 0.15) is 0 Å². The standard InChI is InChI=1S/C13H15ClN2O/c14-12-6-10(7-15)3-4-13(12)16-8-11-2-1-5-17-9-11/h3-4,6,11,16H,1-2,5,8-9H2. The Morgan fingerprint density at radius 1 is 1.53 bits per heavy atom. The van der Waals surface area contributed by atoms with Crippen molar-refractivity contribution in [3.8, 4) is 6.07 Å². The van der Waals surface area contributed by atoms with Crippen molar-refractivity contribution in [3.63, 3.8) is 0 Å². The summed E-state index contributed by atoms with van der Waals surface area (Å²) >= 11 is 6.08. The molecule has 0 aliphatic carbocycles. The number of hydrogen-bond donors (Lipinski definition) is 1. The zero-order chi connectivity index (χ0) is 12.1. The molecular formula is C13H15ClN2O. The molecule has 1 saturated heterocycles. The summed E-state index contributed by atoms with van der Waals surface area (Å²) in [6.45, 7) is 2.57. The van der Waals surface area contributed by atoms with Crippen LogP contribution in [0.5, 0.6) is 0 Å². The van der Waals surface area contributed by atoms with Gasteiger partial charge in [0.05, 0.1) is 28.9 Å². The highest BCUT2D eigenvalue weighted by Crippen LogP contribution is 2.24. The maximum Gasteiger partial charge on any atom is 0.0992 e. The second-order valence-electron chi connectivity index (χ2n) is 4.27. The predicted molar refractivity (Wildman–Crippen MR) is 68.2 cm³/mol. The summed E-state index contributed by atoms with van der Waals surface area (Å²) in [5.41, 5.74) is 1.47. The van der Waals surface area contributed by atoms with Crippen molar-refractivity contribution in [1.82, 2.24) is 0 Å². The van der Waals surface area contributed by atoms with Crippen molar-refractivity contribution in [3.05, 3.63) is 28.8 Å².